The molecule has 0 amide bonds. The molecule has 0 aliphatic rings. The summed E-state index contributed by atoms with van der Waals surface area (Å²) in [5, 5.41) is 0.393. The minimum absolute atomic E-state index is 0.297. The van der Waals surface area contributed by atoms with E-state index in [2.05, 4.69) is 0 Å². The molecule has 0 saturated heterocycles. The first-order chi connectivity index (χ1) is 6.16. The zero-order chi connectivity index (χ0) is 9.84. The van der Waals surface area contributed by atoms with Crippen LogP contribution in [0.25, 0.3) is 0 Å². The monoisotopic (exact) mass is 200 g/mol. The molecule has 1 nitrogen and oxygen atoms in total. The average Bonchev–Trinajstić information content (AvgIpc) is 2.12. The van der Waals surface area contributed by atoms with Crippen LogP contribution in [0.1, 0.15) is 17.5 Å². The summed E-state index contributed by atoms with van der Waals surface area (Å²) in [6, 6.07) is 3.28. The third-order valence-electron chi connectivity index (χ3n) is 1.89. The van der Waals surface area contributed by atoms with Crippen molar-refractivity contribution in [3.63, 3.8) is 0 Å². The van der Waals surface area contributed by atoms with E-state index in [9.17, 15) is 9.18 Å². The van der Waals surface area contributed by atoms with Gasteiger partial charge in [-0.05, 0) is 25.0 Å². The van der Waals surface area contributed by atoms with Crippen molar-refractivity contribution in [3.05, 3.63) is 34.1 Å². The molecule has 0 radical (unpaired) electrons. The number of rotatable bonds is 3. The molecule has 0 unspecified atom stereocenters. The van der Waals surface area contributed by atoms with Gasteiger partial charge in [0.1, 0.15) is 12.1 Å². The predicted molar refractivity (Wildman–Crippen MR) is 50.5 cm³/mol. The van der Waals surface area contributed by atoms with E-state index in [-0.39, 0.29) is 5.82 Å². The van der Waals surface area contributed by atoms with Gasteiger partial charge in [0.2, 0.25) is 0 Å². The molecule has 0 aliphatic heterocycles. The number of aldehydes is 1. The molecule has 0 aromatic heterocycles. The first-order valence-corrected chi connectivity index (χ1v) is 4.41. The summed E-state index contributed by atoms with van der Waals surface area (Å²) in [7, 11) is 0. The van der Waals surface area contributed by atoms with Crippen molar-refractivity contribution in [1.29, 1.82) is 0 Å². The van der Waals surface area contributed by atoms with Crippen molar-refractivity contribution < 1.29 is 9.18 Å². The zero-order valence-electron chi connectivity index (χ0n) is 7.31. The highest BCUT2D eigenvalue weighted by atomic mass is 35.5. The van der Waals surface area contributed by atoms with Gasteiger partial charge in [-0.2, -0.15) is 0 Å². The minimum atomic E-state index is -0.297. The maximum absolute atomic E-state index is 13.4. The van der Waals surface area contributed by atoms with Crippen LogP contribution in [0, 0.1) is 12.7 Å². The number of halogens is 2. The van der Waals surface area contributed by atoms with Crippen LogP contribution in [0.15, 0.2) is 12.1 Å². The molecule has 1 aromatic rings. The third kappa shape index (κ3) is 2.28. The van der Waals surface area contributed by atoms with Crippen LogP contribution >= 0.6 is 11.6 Å². The van der Waals surface area contributed by atoms with Gasteiger partial charge in [0.05, 0.1) is 0 Å². The molecule has 0 saturated carbocycles. The summed E-state index contributed by atoms with van der Waals surface area (Å²) in [5.41, 5.74) is 0.999. The van der Waals surface area contributed by atoms with Crippen molar-refractivity contribution in [3.8, 4) is 0 Å². The highest BCUT2D eigenvalue weighted by molar-refractivity contribution is 6.31. The second-order valence-corrected chi connectivity index (χ2v) is 3.27. The van der Waals surface area contributed by atoms with E-state index < -0.39 is 0 Å². The largest absolute Gasteiger partial charge is 0.303 e. The van der Waals surface area contributed by atoms with E-state index >= 15 is 0 Å². The lowest BCUT2D eigenvalue weighted by molar-refractivity contribution is -0.107. The Morgan fingerprint density at radius 3 is 2.85 bits per heavy atom. The van der Waals surface area contributed by atoms with Crippen molar-refractivity contribution in [2.24, 2.45) is 0 Å². The SMILES string of the molecule is Cc1ccc(Cl)c(CCC=O)c1F. The number of benzene rings is 1. The molecule has 3 heteroatoms. The van der Waals surface area contributed by atoms with E-state index in [1.165, 1.54) is 0 Å². The summed E-state index contributed by atoms with van der Waals surface area (Å²) in [6.07, 6.45) is 1.44. The molecular formula is C10H10ClFO. The Kier molecular flexibility index (Phi) is 3.43. The summed E-state index contributed by atoms with van der Waals surface area (Å²) in [5.74, 6) is -0.297. The second-order valence-electron chi connectivity index (χ2n) is 2.86. The lowest BCUT2D eigenvalue weighted by atomic mass is 10.1. The van der Waals surface area contributed by atoms with E-state index in [0.717, 1.165) is 6.29 Å². The Labute approximate surface area is 81.5 Å². The van der Waals surface area contributed by atoms with E-state index in [0.29, 0.717) is 29.0 Å². The molecule has 1 aromatic carbocycles. The van der Waals surface area contributed by atoms with E-state index in [1.807, 2.05) is 0 Å². The smallest absolute Gasteiger partial charge is 0.130 e. The number of carbonyl (C=O) groups is 1. The van der Waals surface area contributed by atoms with Gasteiger partial charge in [-0.3, -0.25) is 0 Å². The van der Waals surface area contributed by atoms with Crippen LogP contribution in [0.4, 0.5) is 4.39 Å². The van der Waals surface area contributed by atoms with Crippen LogP contribution in [0.3, 0.4) is 0 Å². The summed E-state index contributed by atoms with van der Waals surface area (Å²) < 4.78 is 13.4. The van der Waals surface area contributed by atoms with Crippen molar-refractivity contribution in [2.45, 2.75) is 19.8 Å². The Bertz CT molecular complexity index is 323. The number of hydrogen-bond acceptors (Lipinski definition) is 1. The third-order valence-corrected chi connectivity index (χ3v) is 2.25. The molecule has 70 valence electrons. The summed E-state index contributed by atoms with van der Waals surface area (Å²) in [6.45, 7) is 1.68. The highest BCUT2D eigenvalue weighted by Crippen LogP contribution is 2.22. The normalized spacial score (nSPS) is 10.1. The molecule has 0 atom stereocenters. The van der Waals surface area contributed by atoms with E-state index in [4.69, 9.17) is 11.6 Å². The Morgan fingerprint density at radius 2 is 2.23 bits per heavy atom. The quantitative estimate of drug-likeness (QED) is 0.686. The van der Waals surface area contributed by atoms with Gasteiger partial charge in [-0.1, -0.05) is 17.7 Å². The van der Waals surface area contributed by atoms with E-state index in [1.54, 1.807) is 19.1 Å². The standard InChI is InChI=1S/C10H10ClFO/c1-7-4-5-9(11)8(10(7)12)3-2-6-13/h4-6H,2-3H2,1H3. The van der Waals surface area contributed by atoms with Crippen LogP contribution in [-0.2, 0) is 11.2 Å². The second kappa shape index (κ2) is 4.38. The maximum atomic E-state index is 13.4. The van der Waals surface area contributed by atoms with Gasteiger partial charge in [0.15, 0.2) is 0 Å². The van der Waals surface area contributed by atoms with Crippen LogP contribution in [0.2, 0.25) is 5.02 Å². The van der Waals surface area contributed by atoms with Crippen LogP contribution in [-0.4, -0.2) is 6.29 Å². The van der Waals surface area contributed by atoms with Gasteiger partial charge < -0.3 is 4.79 Å². The number of carbonyl (C=O) groups excluding carboxylic acids is 1. The van der Waals surface area contributed by atoms with Crippen molar-refractivity contribution >= 4 is 17.9 Å². The lowest BCUT2D eigenvalue weighted by Gasteiger charge is -2.05. The van der Waals surface area contributed by atoms with Gasteiger partial charge >= 0.3 is 0 Å². The first kappa shape index (κ1) is 10.2. The van der Waals surface area contributed by atoms with Crippen LogP contribution in [0.5, 0.6) is 0 Å². The zero-order valence-corrected chi connectivity index (χ0v) is 8.07. The van der Waals surface area contributed by atoms with Gasteiger partial charge in [0, 0.05) is 17.0 Å². The summed E-state index contributed by atoms with van der Waals surface area (Å²) >= 11 is 5.78. The molecule has 0 N–H and O–H groups in total. The molecule has 0 fully saturated rings. The Hall–Kier alpha value is -0.890. The molecule has 1 rings (SSSR count). The van der Waals surface area contributed by atoms with Gasteiger partial charge in [-0.15, -0.1) is 0 Å². The molecule has 0 heterocycles. The fourth-order valence-corrected chi connectivity index (χ4v) is 1.39. The summed E-state index contributed by atoms with van der Waals surface area (Å²) in [4.78, 5) is 10.1. The number of hydrogen-bond donors (Lipinski definition) is 0. The average molecular weight is 201 g/mol. The Balaban J connectivity index is 3.02. The highest BCUT2D eigenvalue weighted by Gasteiger charge is 2.08. The maximum Gasteiger partial charge on any atom is 0.130 e. The van der Waals surface area contributed by atoms with Gasteiger partial charge in [0.25, 0.3) is 0 Å². The topological polar surface area (TPSA) is 17.1 Å². The van der Waals surface area contributed by atoms with Gasteiger partial charge in [-0.25, -0.2) is 4.39 Å². The fraction of sp³-hybridized carbons (Fsp3) is 0.300. The molecular weight excluding hydrogens is 191 g/mol. The van der Waals surface area contributed by atoms with Crippen molar-refractivity contribution in [1.82, 2.24) is 0 Å². The fourth-order valence-electron chi connectivity index (χ4n) is 1.15. The predicted octanol–water partition coefficient (Wildman–Crippen LogP) is 2.92. The molecule has 0 aliphatic carbocycles. The molecule has 0 bridgehead atoms. The lowest BCUT2D eigenvalue weighted by Crippen LogP contribution is -1.95. The minimum Gasteiger partial charge on any atom is -0.303 e. The Morgan fingerprint density at radius 1 is 1.54 bits per heavy atom. The van der Waals surface area contributed by atoms with Crippen LogP contribution < -0.4 is 0 Å². The first-order valence-electron chi connectivity index (χ1n) is 4.04. The van der Waals surface area contributed by atoms with Crippen molar-refractivity contribution in [2.75, 3.05) is 0 Å². The number of aryl methyl sites for hydroxylation is 1. The molecule has 13 heavy (non-hydrogen) atoms. The molecule has 0 spiro atoms.